The monoisotopic (exact) mass is 308 g/mol. The van der Waals surface area contributed by atoms with Crippen LogP contribution in [0.15, 0.2) is 12.2 Å². The van der Waals surface area contributed by atoms with Crippen LogP contribution in [0.25, 0.3) is 0 Å². The second-order valence-corrected chi connectivity index (χ2v) is 8.11. The summed E-state index contributed by atoms with van der Waals surface area (Å²) in [5, 5.41) is 0. The maximum absolute atomic E-state index is 11.2. The molecule has 3 nitrogen and oxygen atoms in total. The van der Waals surface area contributed by atoms with Crippen LogP contribution in [0.2, 0.25) is 0 Å². The Bertz CT molecular complexity index is 413. The average Bonchev–Trinajstić information content (AvgIpc) is 2.75. The maximum atomic E-state index is 11.2. The number of carbonyl (C=O) groups excluding carboxylic acids is 1. The normalized spacial score (nSPS) is 34.4. The molecule has 0 spiro atoms. The number of hydrogen-bond donors (Lipinski definition) is 0. The predicted molar refractivity (Wildman–Crippen MR) is 88.3 cm³/mol. The van der Waals surface area contributed by atoms with E-state index in [0.29, 0.717) is 29.8 Å². The van der Waals surface area contributed by atoms with Gasteiger partial charge in [0.1, 0.15) is 0 Å². The fraction of sp³-hybridized carbons (Fsp3) is 0.842. The molecule has 0 amide bonds. The number of ether oxygens (including phenoxy) is 2. The van der Waals surface area contributed by atoms with E-state index < -0.39 is 0 Å². The minimum Gasteiger partial charge on any atom is -0.436 e. The highest BCUT2D eigenvalue weighted by atomic mass is 16.7. The molecule has 22 heavy (non-hydrogen) atoms. The summed E-state index contributed by atoms with van der Waals surface area (Å²) < 4.78 is 10.9. The summed E-state index contributed by atoms with van der Waals surface area (Å²) in [4.78, 5) is 11.2. The standard InChI is InChI=1S/C19H32O3/c1-13(16-7-6-10-19(4,5)11-16)8-9-17-14(2)12-21-18(17)22-15(3)20/h14,16-18H,1,6-12H2,2-5H3/t14-,16?,17-,18+/m0/s1. The zero-order valence-corrected chi connectivity index (χ0v) is 14.7. The molecule has 126 valence electrons. The lowest BCUT2D eigenvalue weighted by molar-refractivity contribution is -0.173. The van der Waals surface area contributed by atoms with E-state index in [1.807, 2.05) is 0 Å². The van der Waals surface area contributed by atoms with Gasteiger partial charge >= 0.3 is 5.97 Å². The first-order chi connectivity index (χ1) is 10.3. The van der Waals surface area contributed by atoms with Crippen molar-refractivity contribution in [3.05, 3.63) is 12.2 Å². The molecule has 0 aromatic rings. The summed E-state index contributed by atoms with van der Waals surface area (Å²) in [6.07, 6.45) is 6.87. The minimum atomic E-state index is -0.358. The molecule has 1 unspecified atom stereocenters. The molecule has 3 heteroatoms. The van der Waals surface area contributed by atoms with Crippen LogP contribution < -0.4 is 0 Å². The Balaban J connectivity index is 1.85. The van der Waals surface area contributed by atoms with Crippen molar-refractivity contribution < 1.29 is 14.3 Å². The van der Waals surface area contributed by atoms with E-state index in [-0.39, 0.29) is 12.3 Å². The van der Waals surface area contributed by atoms with Crippen molar-refractivity contribution in [2.45, 2.75) is 72.5 Å². The highest BCUT2D eigenvalue weighted by Gasteiger charge is 2.37. The van der Waals surface area contributed by atoms with E-state index in [1.54, 1.807) is 0 Å². The predicted octanol–water partition coefficient (Wildman–Crippen LogP) is 4.71. The van der Waals surface area contributed by atoms with Gasteiger partial charge in [-0.3, -0.25) is 4.79 Å². The van der Waals surface area contributed by atoms with Gasteiger partial charge in [0.2, 0.25) is 6.29 Å². The molecule has 0 N–H and O–H groups in total. The third kappa shape index (κ3) is 4.58. The smallest absolute Gasteiger partial charge is 0.304 e. The second kappa shape index (κ2) is 7.16. The number of allylic oxidation sites excluding steroid dienone is 1. The van der Waals surface area contributed by atoms with E-state index in [9.17, 15) is 4.79 Å². The zero-order valence-electron chi connectivity index (χ0n) is 14.7. The Hall–Kier alpha value is -0.830. The molecular weight excluding hydrogens is 276 g/mol. The first-order valence-corrected chi connectivity index (χ1v) is 8.75. The lowest BCUT2D eigenvalue weighted by atomic mass is 9.69. The molecule has 0 aromatic carbocycles. The third-order valence-corrected chi connectivity index (χ3v) is 5.47. The van der Waals surface area contributed by atoms with Gasteiger partial charge < -0.3 is 9.47 Å². The van der Waals surface area contributed by atoms with Crippen LogP contribution in [0.3, 0.4) is 0 Å². The van der Waals surface area contributed by atoms with Crippen molar-refractivity contribution in [2.24, 2.45) is 23.2 Å². The topological polar surface area (TPSA) is 35.5 Å². The summed E-state index contributed by atoms with van der Waals surface area (Å²) in [5.41, 5.74) is 1.84. The Morgan fingerprint density at radius 1 is 1.41 bits per heavy atom. The molecule has 1 heterocycles. The van der Waals surface area contributed by atoms with Gasteiger partial charge in [0.05, 0.1) is 6.61 Å². The lowest BCUT2D eigenvalue weighted by Crippen LogP contribution is -2.26. The number of carbonyl (C=O) groups is 1. The molecule has 4 atom stereocenters. The zero-order chi connectivity index (χ0) is 16.3. The fourth-order valence-corrected chi connectivity index (χ4v) is 4.07. The molecule has 1 saturated heterocycles. The summed E-state index contributed by atoms with van der Waals surface area (Å²) in [7, 11) is 0. The summed E-state index contributed by atoms with van der Waals surface area (Å²) in [6, 6.07) is 0. The van der Waals surface area contributed by atoms with Crippen molar-refractivity contribution in [2.75, 3.05) is 6.61 Å². The van der Waals surface area contributed by atoms with Crippen molar-refractivity contribution in [1.29, 1.82) is 0 Å². The molecule has 0 bridgehead atoms. The molecule has 0 aromatic heterocycles. The minimum absolute atomic E-state index is 0.253. The second-order valence-electron chi connectivity index (χ2n) is 8.11. The summed E-state index contributed by atoms with van der Waals surface area (Å²) in [5.74, 6) is 1.16. The van der Waals surface area contributed by atoms with Gasteiger partial charge in [-0.15, -0.1) is 0 Å². The Kier molecular flexibility index (Phi) is 5.70. The van der Waals surface area contributed by atoms with Crippen molar-refractivity contribution in [1.82, 2.24) is 0 Å². The van der Waals surface area contributed by atoms with Crippen LogP contribution >= 0.6 is 0 Å². The average molecular weight is 308 g/mol. The van der Waals surface area contributed by atoms with Gasteiger partial charge in [0.25, 0.3) is 0 Å². The van der Waals surface area contributed by atoms with Crippen LogP contribution in [0.5, 0.6) is 0 Å². The van der Waals surface area contributed by atoms with Gasteiger partial charge in [-0.1, -0.05) is 39.3 Å². The Morgan fingerprint density at radius 2 is 2.14 bits per heavy atom. The fourth-order valence-electron chi connectivity index (χ4n) is 4.07. The number of rotatable bonds is 5. The number of esters is 1. The van der Waals surface area contributed by atoms with Gasteiger partial charge in [-0.25, -0.2) is 0 Å². The molecule has 0 radical (unpaired) electrons. The molecular formula is C19H32O3. The van der Waals surface area contributed by atoms with Gasteiger partial charge in [0, 0.05) is 12.8 Å². The van der Waals surface area contributed by atoms with E-state index in [4.69, 9.17) is 9.47 Å². The molecule has 2 fully saturated rings. The highest BCUT2D eigenvalue weighted by molar-refractivity contribution is 5.66. The van der Waals surface area contributed by atoms with E-state index in [0.717, 1.165) is 12.8 Å². The van der Waals surface area contributed by atoms with Crippen molar-refractivity contribution in [3.63, 3.8) is 0 Å². The summed E-state index contributed by atoms with van der Waals surface area (Å²) in [6.45, 7) is 13.4. The number of hydrogen-bond acceptors (Lipinski definition) is 3. The third-order valence-electron chi connectivity index (χ3n) is 5.47. The largest absolute Gasteiger partial charge is 0.436 e. The maximum Gasteiger partial charge on any atom is 0.304 e. The van der Waals surface area contributed by atoms with Crippen LogP contribution in [0.4, 0.5) is 0 Å². The molecule has 1 saturated carbocycles. The Labute approximate surface area is 135 Å². The molecule has 1 aliphatic heterocycles. The van der Waals surface area contributed by atoms with E-state index >= 15 is 0 Å². The molecule has 2 rings (SSSR count). The van der Waals surface area contributed by atoms with Crippen LogP contribution in [-0.4, -0.2) is 18.9 Å². The van der Waals surface area contributed by atoms with Crippen molar-refractivity contribution in [3.8, 4) is 0 Å². The first-order valence-electron chi connectivity index (χ1n) is 8.75. The van der Waals surface area contributed by atoms with Crippen LogP contribution in [0.1, 0.15) is 66.2 Å². The van der Waals surface area contributed by atoms with Crippen LogP contribution in [-0.2, 0) is 14.3 Å². The van der Waals surface area contributed by atoms with E-state index in [1.165, 1.54) is 38.2 Å². The molecule has 1 aliphatic carbocycles. The van der Waals surface area contributed by atoms with Gasteiger partial charge in [-0.05, 0) is 49.4 Å². The molecule has 2 aliphatic rings. The van der Waals surface area contributed by atoms with Gasteiger partial charge in [0.15, 0.2) is 0 Å². The first kappa shape index (κ1) is 17.5. The summed E-state index contributed by atoms with van der Waals surface area (Å²) >= 11 is 0. The lowest BCUT2D eigenvalue weighted by Gasteiger charge is -2.36. The highest BCUT2D eigenvalue weighted by Crippen LogP contribution is 2.43. The Morgan fingerprint density at radius 3 is 2.77 bits per heavy atom. The van der Waals surface area contributed by atoms with Crippen LogP contribution in [0, 0.1) is 23.2 Å². The van der Waals surface area contributed by atoms with Crippen molar-refractivity contribution >= 4 is 5.97 Å². The van der Waals surface area contributed by atoms with E-state index in [2.05, 4.69) is 27.4 Å². The quantitative estimate of drug-likeness (QED) is 0.545. The SMILES string of the molecule is C=C(CC[C@@H]1[C@@H](OC(C)=O)OC[C@@H]1C)C1CCCC(C)(C)C1. The van der Waals surface area contributed by atoms with Gasteiger partial charge in [-0.2, -0.15) is 0 Å².